The van der Waals surface area contributed by atoms with Crippen molar-refractivity contribution < 1.29 is 28.6 Å². The van der Waals surface area contributed by atoms with Crippen LogP contribution in [-0.2, 0) is 28.6 Å². The quantitative estimate of drug-likeness (QED) is 0.318. The van der Waals surface area contributed by atoms with E-state index in [1.165, 1.54) is 6.92 Å². The van der Waals surface area contributed by atoms with Gasteiger partial charge < -0.3 is 14.2 Å². The van der Waals surface area contributed by atoms with Crippen molar-refractivity contribution in [3.05, 3.63) is 23.8 Å². The number of hydrogen-bond donors (Lipinski definition) is 0. The molecule has 0 aromatic heterocycles. The molecule has 0 aromatic rings. The van der Waals surface area contributed by atoms with Crippen molar-refractivity contribution in [2.75, 3.05) is 6.61 Å². The zero-order valence-electron chi connectivity index (χ0n) is 17.4. The van der Waals surface area contributed by atoms with E-state index in [0.717, 1.165) is 6.42 Å². The Labute approximate surface area is 166 Å². The fourth-order valence-corrected chi connectivity index (χ4v) is 5.42. The number of hydrogen-bond acceptors (Lipinski definition) is 6. The smallest absolute Gasteiger partial charge is 0.333 e. The minimum atomic E-state index is -1.07. The van der Waals surface area contributed by atoms with Crippen LogP contribution in [0.4, 0.5) is 0 Å². The van der Waals surface area contributed by atoms with Crippen LogP contribution in [-0.4, -0.2) is 36.7 Å². The summed E-state index contributed by atoms with van der Waals surface area (Å²) in [7, 11) is 0. The van der Waals surface area contributed by atoms with Crippen molar-refractivity contribution in [2.45, 2.75) is 66.1 Å². The third kappa shape index (κ3) is 2.88. The molecule has 0 aromatic carbocycles. The van der Waals surface area contributed by atoms with Crippen LogP contribution in [0.2, 0.25) is 0 Å². The Morgan fingerprint density at radius 3 is 2.46 bits per heavy atom. The second-order valence-corrected chi connectivity index (χ2v) is 8.78. The number of esters is 3. The van der Waals surface area contributed by atoms with Crippen molar-refractivity contribution in [2.24, 2.45) is 22.7 Å². The van der Waals surface area contributed by atoms with Gasteiger partial charge in [0.05, 0.1) is 0 Å². The Morgan fingerprint density at radius 1 is 1.25 bits per heavy atom. The lowest BCUT2D eigenvalue weighted by atomic mass is 9.61. The number of cyclic esters (lactones) is 1. The number of carbonyl (C=O) groups excluding carboxylic acids is 3. The predicted molar refractivity (Wildman–Crippen MR) is 102 cm³/mol. The number of rotatable bonds is 3. The highest BCUT2D eigenvalue weighted by molar-refractivity contribution is 5.88. The van der Waals surface area contributed by atoms with E-state index in [9.17, 15) is 14.4 Å². The lowest BCUT2D eigenvalue weighted by Crippen LogP contribution is -2.50. The lowest BCUT2D eigenvalue weighted by Gasteiger charge is -2.46. The van der Waals surface area contributed by atoms with Gasteiger partial charge in [-0.25, -0.2) is 4.79 Å². The van der Waals surface area contributed by atoms with Crippen LogP contribution < -0.4 is 0 Å². The first-order valence-corrected chi connectivity index (χ1v) is 9.94. The molecule has 0 unspecified atom stereocenters. The van der Waals surface area contributed by atoms with E-state index in [2.05, 4.69) is 20.4 Å². The summed E-state index contributed by atoms with van der Waals surface area (Å²) in [5.41, 5.74) is -0.244. The van der Waals surface area contributed by atoms with Crippen molar-refractivity contribution in [1.82, 2.24) is 0 Å². The van der Waals surface area contributed by atoms with Gasteiger partial charge in [0.25, 0.3) is 0 Å². The van der Waals surface area contributed by atoms with E-state index in [1.54, 1.807) is 19.9 Å². The van der Waals surface area contributed by atoms with Crippen molar-refractivity contribution in [3.63, 3.8) is 0 Å². The summed E-state index contributed by atoms with van der Waals surface area (Å²) in [4.78, 5) is 37.3. The average Bonchev–Trinajstić information content (AvgIpc) is 3.07. The normalized spacial score (nSPS) is 40.2. The first-order chi connectivity index (χ1) is 13.1. The molecule has 3 rings (SSSR count). The highest BCUT2D eigenvalue weighted by Gasteiger charge is 2.71. The van der Waals surface area contributed by atoms with E-state index < -0.39 is 23.6 Å². The summed E-state index contributed by atoms with van der Waals surface area (Å²) >= 11 is 0. The van der Waals surface area contributed by atoms with Crippen LogP contribution in [0.15, 0.2) is 23.8 Å². The van der Waals surface area contributed by atoms with Crippen LogP contribution in [0.1, 0.15) is 53.9 Å². The molecule has 0 amide bonds. The van der Waals surface area contributed by atoms with Crippen LogP contribution in [0.5, 0.6) is 0 Å². The fourth-order valence-electron chi connectivity index (χ4n) is 5.42. The van der Waals surface area contributed by atoms with Gasteiger partial charge in [-0.1, -0.05) is 26.5 Å². The van der Waals surface area contributed by atoms with E-state index in [4.69, 9.17) is 14.2 Å². The van der Waals surface area contributed by atoms with Gasteiger partial charge in [0.15, 0.2) is 0 Å². The SMILES string of the molecule is C=C1COC(=O)[C@]12C[C@@]1(C)[C@H]([C@@H](OC(=O)/C(C)=C/C)CC[C@@H]1C)[C@H]2OC(C)=O. The van der Waals surface area contributed by atoms with Crippen molar-refractivity contribution in [3.8, 4) is 0 Å². The molecule has 1 saturated heterocycles. The summed E-state index contributed by atoms with van der Waals surface area (Å²) in [6.45, 7) is 13.3. The molecule has 154 valence electrons. The van der Waals surface area contributed by atoms with Gasteiger partial charge >= 0.3 is 17.9 Å². The molecule has 28 heavy (non-hydrogen) atoms. The van der Waals surface area contributed by atoms with Gasteiger partial charge in [0.1, 0.15) is 24.2 Å². The van der Waals surface area contributed by atoms with E-state index in [-0.39, 0.29) is 35.8 Å². The van der Waals surface area contributed by atoms with Gasteiger partial charge in [-0.2, -0.15) is 0 Å². The number of ether oxygens (including phenoxy) is 3. The van der Waals surface area contributed by atoms with E-state index >= 15 is 0 Å². The zero-order valence-corrected chi connectivity index (χ0v) is 17.4. The van der Waals surface area contributed by atoms with E-state index in [1.807, 2.05) is 0 Å². The Morgan fingerprint density at radius 2 is 1.93 bits per heavy atom. The van der Waals surface area contributed by atoms with Crippen molar-refractivity contribution in [1.29, 1.82) is 0 Å². The van der Waals surface area contributed by atoms with Crippen LogP contribution in [0.25, 0.3) is 0 Å². The van der Waals surface area contributed by atoms with Crippen LogP contribution in [0, 0.1) is 22.7 Å². The molecule has 6 nitrogen and oxygen atoms in total. The van der Waals surface area contributed by atoms with Gasteiger partial charge in [-0.15, -0.1) is 0 Å². The fraction of sp³-hybridized carbons (Fsp3) is 0.682. The molecule has 6 atom stereocenters. The zero-order chi connectivity index (χ0) is 20.9. The average molecular weight is 390 g/mol. The molecule has 6 heteroatoms. The van der Waals surface area contributed by atoms with Gasteiger partial charge in [0.2, 0.25) is 0 Å². The monoisotopic (exact) mass is 390 g/mol. The maximum atomic E-state index is 12.9. The predicted octanol–water partition coefficient (Wildman–Crippen LogP) is 3.35. The van der Waals surface area contributed by atoms with Gasteiger partial charge in [0, 0.05) is 18.4 Å². The maximum absolute atomic E-state index is 12.9. The summed E-state index contributed by atoms with van der Waals surface area (Å²) in [5.74, 6) is -1.25. The molecule has 3 aliphatic rings. The molecule has 0 radical (unpaired) electrons. The Balaban J connectivity index is 2.07. The second kappa shape index (κ2) is 7.05. The van der Waals surface area contributed by atoms with Crippen LogP contribution >= 0.6 is 0 Å². The van der Waals surface area contributed by atoms with Gasteiger partial charge in [-0.05, 0) is 50.0 Å². The Hall–Kier alpha value is -2.11. The highest BCUT2D eigenvalue weighted by atomic mass is 16.6. The number of fused-ring (bicyclic) bond motifs is 1. The number of allylic oxidation sites excluding steroid dienone is 1. The summed E-state index contributed by atoms with van der Waals surface area (Å²) in [5, 5.41) is 0. The second-order valence-electron chi connectivity index (χ2n) is 8.78. The molecule has 1 spiro atoms. The first kappa shape index (κ1) is 20.6. The largest absolute Gasteiger partial charge is 0.461 e. The summed E-state index contributed by atoms with van der Waals surface area (Å²) < 4.78 is 17.0. The Bertz CT molecular complexity index is 734. The third-order valence-electron chi connectivity index (χ3n) is 7.32. The molecule has 1 aliphatic heterocycles. The Kier molecular flexibility index (Phi) is 5.19. The minimum absolute atomic E-state index is 0.135. The maximum Gasteiger partial charge on any atom is 0.333 e. The van der Waals surface area contributed by atoms with Crippen molar-refractivity contribution >= 4 is 17.9 Å². The molecular weight excluding hydrogens is 360 g/mol. The van der Waals surface area contributed by atoms with Gasteiger partial charge in [-0.3, -0.25) is 9.59 Å². The summed E-state index contributed by atoms with van der Waals surface area (Å²) in [6, 6.07) is 0. The molecule has 0 bridgehead atoms. The van der Waals surface area contributed by atoms with Crippen LogP contribution in [0.3, 0.4) is 0 Å². The standard InChI is InChI=1S/C22H30O6/c1-7-12(2)19(24)28-16-9-8-13(3)21(6)11-22(14(4)10-26-20(22)25)18(17(16)21)27-15(5)23/h7,13,16-18H,4,8-11H2,1-3,5-6H3/b12-7+/t13-,16-,17+,18+,21+,22+/m0/s1. The number of carbonyl (C=O) groups is 3. The first-order valence-electron chi connectivity index (χ1n) is 9.94. The molecule has 1 heterocycles. The molecular formula is C22H30O6. The molecule has 2 saturated carbocycles. The molecule has 0 N–H and O–H groups in total. The summed E-state index contributed by atoms with van der Waals surface area (Å²) in [6.07, 6.45) is 2.54. The minimum Gasteiger partial charge on any atom is -0.461 e. The topological polar surface area (TPSA) is 78.9 Å². The van der Waals surface area contributed by atoms with E-state index in [0.29, 0.717) is 24.0 Å². The third-order valence-corrected chi connectivity index (χ3v) is 7.32. The molecule has 3 fully saturated rings. The highest BCUT2D eigenvalue weighted by Crippen LogP contribution is 2.66. The molecule has 2 aliphatic carbocycles. The lowest BCUT2D eigenvalue weighted by molar-refractivity contribution is -0.173.